The van der Waals surface area contributed by atoms with Gasteiger partial charge in [-0.1, -0.05) is 0 Å². The van der Waals surface area contributed by atoms with Crippen molar-refractivity contribution in [3.63, 3.8) is 0 Å². The van der Waals surface area contributed by atoms with Gasteiger partial charge in [0.15, 0.2) is 5.96 Å². The molecule has 5 heteroatoms. The van der Waals surface area contributed by atoms with Gasteiger partial charge in [0.25, 0.3) is 0 Å². The molecule has 2 heterocycles. The predicted molar refractivity (Wildman–Crippen MR) is 67.6 cm³/mol. The zero-order valence-corrected chi connectivity index (χ0v) is 10.8. The highest BCUT2D eigenvalue weighted by Gasteiger charge is 2.43. The average molecular weight is 233 g/mol. The van der Waals surface area contributed by atoms with Crippen molar-refractivity contribution in [2.45, 2.75) is 39.3 Å². The molecular formula is C12H19N5. The molecule has 5 nitrogen and oxygen atoms in total. The molecule has 0 bridgehead atoms. The van der Waals surface area contributed by atoms with Gasteiger partial charge in [-0.05, 0) is 27.7 Å². The summed E-state index contributed by atoms with van der Waals surface area (Å²) in [6, 6.07) is 0.285. The summed E-state index contributed by atoms with van der Waals surface area (Å²) in [6.45, 7) is 8.94. The Morgan fingerprint density at radius 2 is 2.00 bits per heavy atom. The van der Waals surface area contributed by atoms with Crippen molar-refractivity contribution in [2.24, 2.45) is 10.7 Å². The van der Waals surface area contributed by atoms with Gasteiger partial charge in [0.1, 0.15) is 5.54 Å². The standard InChI is InChI=1S/C12H19N5/c1-8(2)17-11(13)16-7-12(17,4)10-9(3)14-5-6-15-10/h5-6,8H,7H2,1-4H3,(H2,13,16). The van der Waals surface area contributed by atoms with E-state index in [9.17, 15) is 0 Å². The third-order valence-electron chi connectivity index (χ3n) is 3.24. The molecular weight excluding hydrogens is 214 g/mol. The summed E-state index contributed by atoms with van der Waals surface area (Å²) < 4.78 is 0. The maximum atomic E-state index is 5.97. The van der Waals surface area contributed by atoms with E-state index in [4.69, 9.17) is 5.73 Å². The molecule has 1 atom stereocenters. The molecule has 2 rings (SSSR count). The molecule has 1 aliphatic rings. The largest absolute Gasteiger partial charge is 0.370 e. The number of nitrogens with two attached hydrogens (primary N) is 1. The molecule has 0 saturated carbocycles. The van der Waals surface area contributed by atoms with E-state index >= 15 is 0 Å². The molecule has 0 fully saturated rings. The van der Waals surface area contributed by atoms with Gasteiger partial charge < -0.3 is 10.6 Å². The molecule has 0 radical (unpaired) electrons. The molecule has 0 aliphatic carbocycles. The summed E-state index contributed by atoms with van der Waals surface area (Å²) in [5, 5.41) is 0. The Labute approximate surface area is 102 Å². The van der Waals surface area contributed by atoms with Crippen LogP contribution in [0.2, 0.25) is 0 Å². The summed E-state index contributed by atoms with van der Waals surface area (Å²) in [6.07, 6.45) is 3.43. The molecule has 1 aliphatic heterocycles. The second kappa shape index (κ2) is 3.98. The molecule has 0 spiro atoms. The van der Waals surface area contributed by atoms with Crippen molar-refractivity contribution in [3.05, 3.63) is 23.8 Å². The van der Waals surface area contributed by atoms with Crippen LogP contribution >= 0.6 is 0 Å². The van der Waals surface area contributed by atoms with Gasteiger partial charge >= 0.3 is 0 Å². The van der Waals surface area contributed by atoms with E-state index in [1.165, 1.54) is 0 Å². The second-order valence-electron chi connectivity index (χ2n) is 4.90. The fraction of sp³-hybridized carbons (Fsp3) is 0.583. The predicted octanol–water partition coefficient (Wildman–Crippen LogP) is 1.04. The van der Waals surface area contributed by atoms with Crippen LogP contribution in [0, 0.1) is 6.92 Å². The van der Waals surface area contributed by atoms with Crippen molar-refractivity contribution in [2.75, 3.05) is 6.54 Å². The van der Waals surface area contributed by atoms with E-state index in [1.807, 2.05) is 6.92 Å². The van der Waals surface area contributed by atoms with Crippen molar-refractivity contribution in [1.29, 1.82) is 0 Å². The van der Waals surface area contributed by atoms with Crippen molar-refractivity contribution in [3.8, 4) is 0 Å². The van der Waals surface area contributed by atoms with Gasteiger partial charge in [0, 0.05) is 18.4 Å². The van der Waals surface area contributed by atoms with Crippen LogP contribution in [-0.2, 0) is 5.54 Å². The monoisotopic (exact) mass is 233 g/mol. The molecule has 1 aromatic heterocycles. The van der Waals surface area contributed by atoms with Crippen molar-refractivity contribution >= 4 is 5.96 Å². The van der Waals surface area contributed by atoms with Crippen molar-refractivity contribution < 1.29 is 0 Å². The second-order valence-corrected chi connectivity index (χ2v) is 4.90. The highest BCUT2D eigenvalue weighted by molar-refractivity contribution is 5.81. The SMILES string of the molecule is Cc1nccnc1C1(C)CN=C(N)N1C(C)C. The number of nitrogens with zero attached hydrogens (tertiary/aromatic N) is 4. The number of rotatable bonds is 2. The number of aryl methyl sites for hydroxylation is 1. The minimum atomic E-state index is -0.281. The molecule has 0 amide bonds. The number of hydrogen-bond acceptors (Lipinski definition) is 5. The Kier molecular flexibility index (Phi) is 2.77. The van der Waals surface area contributed by atoms with Crippen LogP contribution < -0.4 is 5.73 Å². The van der Waals surface area contributed by atoms with Crippen molar-refractivity contribution in [1.82, 2.24) is 14.9 Å². The number of guanidine groups is 1. The summed E-state index contributed by atoms with van der Waals surface area (Å²) in [4.78, 5) is 15.3. The molecule has 2 N–H and O–H groups in total. The van der Waals surface area contributed by atoms with E-state index in [0.29, 0.717) is 12.5 Å². The van der Waals surface area contributed by atoms with Gasteiger partial charge in [-0.25, -0.2) is 0 Å². The first kappa shape index (κ1) is 11.8. The van der Waals surface area contributed by atoms with Crippen LogP contribution in [0.15, 0.2) is 17.4 Å². The van der Waals surface area contributed by atoms with Gasteiger partial charge in [-0.15, -0.1) is 0 Å². The zero-order chi connectivity index (χ0) is 12.6. The Bertz CT molecular complexity index is 454. The smallest absolute Gasteiger partial charge is 0.192 e. The van der Waals surface area contributed by atoms with E-state index in [0.717, 1.165) is 11.4 Å². The fourth-order valence-corrected chi connectivity index (χ4v) is 2.60. The highest BCUT2D eigenvalue weighted by atomic mass is 15.4. The quantitative estimate of drug-likeness (QED) is 0.828. The lowest BCUT2D eigenvalue weighted by atomic mass is 9.93. The van der Waals surface area contributed by atoms with Gasteiger partial charge in [-0.2, -0.15) is 0 Å². The van der Waals surface area contributed by atoms with Crippen LogP contribution in [0.3, 0.4) is 0 Å². The Morgan fingerprint density at radius 1 is 1.35 bits per heavy atom. The van der Waals surface area contributed by atoms with Crippen LogP contribution in [0.4, 0.5) is 0 Å². The lowest BCUT2D eigenvalue weighted by Gasteiger charge is -2.39. The summed E-state index contributed by atoms with van der Waals surface area (Å²) in [5.41, 5.74) is 7.58. The fourth-order valence-electron chi connectivity index (χ4n) is 2.60. The Hall–Kier alpha value is -1.65. The van der Waals surface area contributed by atoms with Gasteiger partial charge in [-0.3, -0.25) is 15.0 Å². The number of hydrogen-bond donors (Lipinski definition) is 1. The lowest BCUT2D eigenvalue weighted by Crippen LogP contribution is -2.51. The van der Waals surface area contributed by atoms with E-state index < -0.39 is 0 Å². The van der Waals surface area contributed by atoms with Gasteiger partial charge in [0.2, 0.25) is 0 Å². The molecule has 17 heavy (non-hydrogen) atoms. The first-order chi connectivity index (χ1) is 7.97. The van der Waals surface area contributed by atoms with E-state index in [2.05, 4.69) is 40.6 Å². The minimum Gasteiger partial charge on any atom is -0.370 e. The summed E-state index contributed by atoms with van der Waals surface area (Å²) in [5.74, 6) is 0.590. The highest BCUT2D eigenvalue weighted by Crippen LogP contribution is 2.33. The maximum absolute atomic E-state index is 5.97. The lowest BCUT2D eigenvalue weighted by molar-refractivity contribution is 0.178. The first-order valence-electron chi connectivity index (χ1n) is 5.84. The summed E-state index contributed by atoms with van der Waals surface area (Å²) in [7, 11) is 0. The minimum absolute atomic E-state index is 0.281. The summed E-state index contributed by atoms with van der Waals surface area (Å²) >= 11 is 0. The number of aromatic nitrogens is 2. The Balaban J connectivity index is 2.47. The normalized spacial score (nSPS) is 24.3. The zero-order valence-electron chi connectivity index (χ0n) is 10.8. The Morgan fingerprint density at radius 3 is 2.59 bits per heavy atom. The van der Waals surface area contributed by atoms with Crippen LogP contribution in [0.5, 0.6) is 0 Å². The van der Waals surface area contributed by atoms with E-state index in [1.54, 1.807) is 12.4 Å². The maximum Gasteiger partial charge on any atom is 0.192 e. The molecule has 1 unspecified atom stereocenters. The van der Waals surface area contributed by atoms with Crippen LogP contribution in [0.1, 0.15) is 32.2 Å². The van der Waals surface area contributed by atoms with Crippen LogP contribution in [-0.4, -0.2) is 33.4 Å². The molecule has 92 valence electrons. The molecule has 1 aromatic rings. The average Bonchev–Trinajstić information content (AvgIpc) is 2.56. The third-order valence-corrected chi connectivity index (χ3v) is 3.24. The molecule has 0 saturated heterocycles. The van der Waals surface area contributed by atoms with E-state index in [-0.39, 0.29) is 11.6 Å². The van der Waals surface area contributed by atoms with Crippen LogP contribution in [0.25, 0.3) is 0 Å². The first-order valence-corrected chi connectivity index (χ1v) is 5.84. The van der Waals surface area contributed by atoms with Gasteiger partial charge in [0.05, 0.1) is 17.9 Å². The topological polar surface area (TPSA) is 67.4 Å². The third kappa shape index (κ3) is 1.75. The molecule has 0 aromatic carbocycles. The number of aliphatic imine (C=N–C) groups is 1.